The molecule has 0 saturated carbocycles. The van der Waals surface area contributed by atoms with Gasteiger partial charge in [-0.1, -0.05) is 27.5 Å². The highest BCUT2D eigenvalue weighted by molar-refractivity contribution is 9.10. The van der Waals surface area contributed by atoms with Crippen LogP contribution in [0.2, 0.25) is 5.02 Å². The van der Waals surface area contributed by atoms with Crippen molar-refractivity contribution in [2.45, 2.75) is 25.8 Å². The number of aromatic nitrogens is 3. The van der Waals surface area contributed by atoms with Crippen LogP contribution in [-0.4, -0.2) is 33.1 Å². The fraction of sp³-hybridized carbons (Fsp3) is 0.333. The van der Waals surface area contributed by atoms with Crippen molar-refractivity contribution in [2.24, 2.45) is 0 Å². The smallest absolute Gasteiger partial charge is 0.433 e. The monoisotopic (exact) mass is 474 g/mol. The van der Waals surface area contributed by atoms with Gasteiger partial charge in [-0.3, -0.25) is 4.90 Å². The molecule has 28 heavy (non-hydrogen) atoms. The maximum atomic E-state index is 13.1. The van der Waals surface area contributed by atoms with Gasteiger partial charge in [0.2, 0.25) is 5.88 Å². The molecule has 0 radical (unpaired) electrons. The molecule has 5 nitrogen and oxygen atoms in total. The number of fused-ring (bicyclic) bond motifs is 2. The fourth-order valence-electron chi connectivity index (χ4n) is 3.42. The SMILES string of the molecule is COc1nc2ccc(Br)cc2c(Cl)c1CN1CCn2c(C(F)(F)F)cnc2C1. The van der Waals surface area contributed by atoms with Gasteiger partial charge in [-0.15, -0.1) is 0 Å². The molecule has 0 saturated heterocycles. The van der Waals surface area contributed by atoms with E-state index in [1.807, 2.05) is 23.1 Å². The fourth-order valence-corrected chi connectivity index (χ4v) is 4.07. The summed E-state index contributed by atoms with van der Waals surface area (Å²) in [5, 5.41) is 1.30. The highest BCUT2D eigenvalue weighted by Crippen LogP contribution is 2.36. The molecule has 0 aliphatic carbocycles. The first-order chi connectivity index (χ1) is 13.3. The Morgan fingerprint density at radius 1 is 1.29 bits per heavy atom. The van der Waals surface area contributed by atoms with E-state index in [1.54, 1.807) is 0 Å². The summed E-state index contributed by atoms with van der Waals surface area (Å²) < 4.78 is 46.7. The second kappa shape index (κ2) is 7.20. The summed E-state index contributed by atoms with van der Waals surface area (Å²) in [5.74, 6) is 0.787. The molecule has 0 N–H and O–H groups in total. The first-order valence-electron chi connectivity index (χ1n) is 8.43. The molecular weight excluding hydrogens is 461 g/mol. The third-order valence-corrected chi connectivity index (χ3v) is 5.67. The van der Waals surface area contributed by atoms with Crippen molar-refractivity contribution in [3.8, 4) is 5.88 Å². The van der Waals surface area contributed by atoms with Crippen LogP contribution < -0.4 is 4.74 Å². The minimum atomic E-state index is -4.41. The van der Waals surface area contributed by atoms with E-state index < -0.39 is 11.9 Å². The maximum absolute atomic E-state index is 13.1. The molecule has 0 atom stereocenters. The lowest BCUT2D eigenvalue weighted by molar-refractivity contribution is -0.144. The van der Waals surface area contributed by atoms with Gasteiger partial charge in [-0.2, -0.15) is 13.2 Å². The number of benzene rings is 1. The standard InChI is InChI=1S/C18H15BrClF3N4O/c1-28-17-12(16(20)11-6-10(19)2-3-13(11)25-17)8-26-4-5-27-14(18(21,22)23)7-24-15(27)9-26/h2-3,6-7H,4-5,8-9H2,1H3. The van der Waals surface area contributed by atoms with E-state index in [2.05, 4.69) is 25.9 Å². The van der Waals surface area contributed by atoms with E-state index in [4.69, 9.17) is 16.3 Å². The normalized spacial score (nSPS) is 15.1. The first kappa shape index (κ1) is 19.5. The minimum absolute atomic E-state index is 0.205. The lowest BCUT2D eigenvalue weighted by Gasteiger charge is -2.29. The topological polar surface area (TPSA) is 43.2 Å². The van der Waals surface area contributed by atoms with Crippen LogP contribution in [0.5, 0.6) is 5.88 Å². The summed E-state index contributed by atoms with van der Waals surface area (Å²) in [7, 11) is 1.52. The molecule has 1 aliphatic rings. The molecule has 1 aromatic carbocycles. The zero-order chi connectivity index (χ0) is 20.1. The number of methoxy groups -OCH3 is 1. The molecule has 0 unspecified atom stereocenters. The van der Waals surface area contributed by atoms with Crippen molar-refractivity contribution in [3.05, 3.63) is 51.0 Å². The average Bonchev–Trinajstić information content (AvgIpc) is 3.08. The van der Waals surface area contributed by atoms with Gasteiger partial charge in [0.15, 0.2) is 0 Å². The van der Waals surface area contributed by atoms with Gasteiger partial charge in [-0.25, -0.2) is 9.97 Å². The summed E-state index contributed by atoms with van der Waals surface area (Å²) in [6.07, 6.45) is -3.52. The molecule has 0 fully saturated rings. The number of imidazole rings is 1. The number of hydrogen-bond acceptors (Lipinski definition) is 4. The van der Waals surface area contributed by atoms with Crippen molar-refractivity contribution < 1.29 is 17.9 Å². The summed E-state index contributed by atoms with van der Waals surface area (Å²) in [6.45, 7) is 1.32. The lowest BCUT2D eigenvalue weighted by Crippen LogP contribution is -2.35. The third-order valence-electron chi connectivity index (χ3n) is 4.75. The Kier molecular flexibility index (Phi) is 5.01. The molecule has 3 aromatic rings. The van der Waals surface area contributed by atoms with Crippen LogP contribution in [0.25, 0.3) is 10.9 Å². The van der Waals surface area contributed by atoms with Crippen LogP contribution in [0.3, 0.4) is 0 Å². The van der Waals surface area contributed by atoms with E-state index in [-0.39, 0.29) is 13.1 Å². The molecule has 2 aromatic heterocycles. The minimum Gasteiger partial charge on any atom is -0.481 e. The lowest BCUT2D eigenvalue weighted by atomic mass is 10.1. The summed E-state index contributed by atoms with van der Waals surface area (Å²) in [5.41, 5.74) is 0.693. The summed E-state index contributed by atoms with van der Waals surface area (Å²) in [6, 6.07) is 5.59. The van der Waals surface area contributed by atoms with Gasteiger partial charge < -0.3 is 9.30 Å². The molecule has 1 aliphatic heterocycles. The van der Waals surface area contributed by atoms with E-state index in [0.717, 1.165) is 16.1 Å². The van der Waals surface area contributed by atoms with Gasteiger partial charge >= 0.3 is 6.18 Å². The summed E-state index contributed by atoms with van der Waals surface area (Å²) >= 11 is 10.1. The number of pyridine rings is 1. The van der Waals surface area contributed by atoms with Crippen LogP contribution in [0.4, 0.5) is 13.2 Å². The zero-order valence-corrected chi connectivity index (χ0v) is 17.1. The molecule has 4 rings (SSSR count). The highest BCUT2D eigenvalue weighted by Gasteiger charge is 2.37. The van der Waals surface area contributed by atoms with Crippen molar-refractivity contribution in [1.29, 1.82) is 0 Å². The largest absolute Gasteiger partial charge is 0.481 e. The molecule has 148 valence electrons. The Balaban J connectivity index is 1.66. The van der Waals surface area contributed by atoms with E-state index in [0.29, 0.717) is 40.9 Å². The molecule has 0 spiro atoms. The van der Waals surface area contributed by atoms with Gasteiger partial charge in [0.05, 0.1) is 30.4 Å². The first-order valence-corrected chi connectivity index (χ1v) is 9.60. The Bertz CT molecular complexity index is 1050. The molecule has 0 amide bonds. The second-order valence-corrected chi connectivity index (χ2v) is 7.79. The predicted octanol–water partition coefficient (Wildman–Crippen LogP) is 4.89. The Labute approximate surface area is 172 Å². The number of halogens is 5. The predicted molar refractivity (Wildman–Crippen MR) is 102 cm³/mol. The molecule has 10 heteroatoms. The number of nitrogens with zero attached hydrogens (tertiary/aromatic N) is 4. The van der Waals surface area contributed by atoms with Crippen LogP contribution in [0.15, 0.2) is 28.9 Å². The van der Waals surface area contributed by atoms with Crippen LogP contribution in [-0.2, 0) is 25.8 Å². The van der Waals surface area contributed by atoms with E-state index in [1.165, 1.54) is 11.7 Å². The molecule has 3 heterocycles. The van der Waals surface area contributed by atoms with Crippen LogP contribution in [0.1, 0.15) is 17.1 Å². The van der Waals surface area contributed by atoms with Crippen molar-refractivity contribution in [3.63, 3.8) is 0 Å². The summed E-state index contributed by atoms with van der Waals surface area (Å²) in [4.78, 5) is 10.5. The van der Waals surface area contributed by atoms with E-state index >= 15 is 0 Å². The number of rotatable bonds is 3. The number of ether oxygens (including phenoxy) is 1. The third kappa shape index (κ3) is 3.46. The van der Waals surface area contributed by atoms with Crippen LogP contribution in [0, 0.1) is 0 Å². The molecule has 0 bridgehead atoms. The Morgan fingerprint density at radius 3 is 2.79 bits per heavy atom. The maximum Gasteiger partial charge on any atom is 0.433 e. The number of alkyl halides is 3. The Hall–Kier alpha value is -1.84. The van der Waals surface area contributed by atoms with Gasteiger partial charge in [0.1, 0.15) is 11.5 Å². The van der Waals surface area contributed by atoms with Crippen molar-refractivity contribution in [1.82, 2.24) is 19.4 Å². The van der Waals surface area contributed by atoms with Gasteiger partial charge in [-0.05, 0) is 18.2 Å². The average molecular weight is 476 g/mol. The quantitative estimate of drug-likeness (QED) is 0.541. The van der Waals surface area contributed by atoms with Crippen LogP contribution >= 0.6 is 27.5 Å². The van der Waals surface area contributed by atoms with Crippen molar-refractivity contribution >= 4 is 38.4 Å². The second-order valence-electron chi connectivity index (χ2n) is 6.49. The van der Waals surface area contributed by atoms with Gasteiger partial charge in [0, 0.05) is 35.1 Å². The highest BCUT2D eigenvalue weighted by atomic mass is 79.9. The Morgan fingerprint density at radius 2 is 2.07 bits per heavy atom. The van der Waals surface area contributed by atoms with Gasteiger partial charge in [0.25, 0.3) is 0 Å². The van der Waals surface area contributed by atoms with E-state index in [9.17, 15) is 13.2 Å². The number of hydrogen-bond donors (Lipinski definition) is 0. The zero-order valence-electron chi connectivity index (χ0n) is 14.7. The molecular formula is C18H15BrClF3N4O. The van der Waals surface area contributed by atoms with Crippen molar-refractivity contribution in [2.75, 3.05) is 13.7 Å².